The van der Waals surface area contributed by atoms with Crippen molar-refractivity contribution < 1.29 is 22.7 Å². The lowest BCUT2D eigenvalue weighted by Crippen LogP contribution is -2.34. The quantitative estimate of drug-likeness (QED) is 0.612. The van der Waals surface area contributed by atoms with Crippen LogP contribution in [0.15, 0.2) is 46.2 Å². The van der Waals surface area contributed by atoms with Gasteiger partial charge in [-0.25, -0.2) is 8.42 Å². The van der Waals surface area contributed by atoms with Crippen molar-refractivity contribution in [3.05, 3.63) is 52.4 Å². The summed E-state index contributed by atoms with van der Waals surface area (Å²) in [5.74, 6) is 0.852. The fourth-order valence-corrected chi connectivity index (χ4v) is 4.99. The standard InChI is InChI=1S/C21H27N3O6S/c1-29-18-7-5-16(13-19(18)30-2)9-10-22-20(25)15-23-14-17(6-8-21(23)26)31(27,28)24-11-3-4-12-24/h5-8,13-14H,3-4,9-12,15H2,1-2H3,(H,22,25). The molecule has 1 N–H and O–H groups in total. The molecule has 168 valence electrons. The van der Waals surface area contributed by atoms with Gasteiger partial charge in [0.25, 0.3) is 5.56 Å². The molecule has 0 bridgehead atoms. The Morgan fingerprint density at radius 1 is 1.06 bits per heavy atom. The number of aromatic nitrogens is 1. The van der Waals surface area contributed by atoms with Gasteiger partial charge in [0.1, 0.15) is 6.54 Å². The summed E-state index contributed by atoms with van der Waals surface area (Å²) in [5.41, 5.74) is 0.518. The maximum Gasteiger partial charge on any atom is 0.251 e. The molecule has 10 heteroatoms. The SMILES string of the molecule is COc1ccc(CCNC(=O)Cn2cc(S(=O)(=O)N3CCCC3)ccc2=O)cc1OC. The van der Waals surface area contributed by atoms with Crippen molar-refractivity contribution in [2.45, 2.75) is 30.7 Å². The molecule has 1 aromatic carbocycles. The van der Waals surface area contributed by atoms with Gasteiger partial charge in [-0.1, -0.05) is 6.07 Å². The Morgan fingerprint density at radius 3 is 2.45 bits per heavy atom. The van der Waals surface area contributed by atoms with Gasteiger partial charge in [0.2, 0.25) is 15.9 Å². The number of sulfonamides is 1. The number of amides is 1. The van der Waals surface area contributed by atoms with Gasteiger partial charge in [0.05, 0.1) is 19.1 Å². The number of benzene rings is 1. The molecule has 0 unspecified atom stereocenters. The van der Waals surface area contributed by atoms with Crippen molar-refractivity contribution in [1.82, 2.24) is 14.2 Å². The lowest BCUT2D eigenvalue weighted by Gasteiger charge is -2.16. The number of rotatable bonds is 9. The number of hydrogen-bond acceptors (Lipinski definition) is 6. The van der Waals surface area contributed by atoms with E-state index in [0.29, 0.717) is 37.6 Å². The molecule has 31 heavy (non-hydrogen) atoms. The molecular weight excluding hydrogens is 422 g/mol. The number of nitrogens with zero attached hydrogens (tertiary/aromatic N) is 2. The second-order valence-corrected chi connectivity index (χ2v) is 9.17. The minimum atomic E-state index is -3.66. The zero-order valence-electron chi connectivity index (χ0n) is 17.7. The first kappa shape index (κ1) is 22.8. The van der Waals surface area contributed by atoms with Gasteiger partial charge in [-0.05, 0) is 43.0 Å². The highest BCUT2D eigenvalue weighted by Gasteiger charge is 2.27. The molecule has 3 rings (SSSR count). The van der Waals surface area contributed by atoms with Crippen LogP contribution in [-0.2, 0) is 27.8 Å². The second-order valence-electron chi connectivity index (χ2n) is 7.23. The average Bonchev–Trinajstić information content (AvgIpc) is 3.31. The normalized spacial score (nSPS) is 14.4. The third-order valence-electron chi connectivity index (χ3n) is 5.16. The van der Waals surface area contributed by atoms with E-state index >= 15 is 0 Å². The van der Waals surface area contributed by atoms with E-state index in [0.717, 1.165) is 23.0 Å². The van der Waals surface area contributed by atoms with Crippen LogP contribution < -0.4 is 20.3 Å². The maximum atomic E-state index is 12.7. The van der Waals surface area contributed by atoms with Crippen LogP contribution in [0.3, 0.4) is 0 Å². The van der Waals surface area contributed by atoms with Crippen LogP contribution in [0.4, 0.5) is 0 Å². The zero-order valence-corrected chi connectivity index (χ0v) is 18.5. The molecular formula is C21H27N3O6S. The molecule has 0 radical (unpaired) electrons. The first-order chi connectivity index (χ1) is 14.8. The van der Waals surface area contributed by atoms with Gasteiger partial charge < -0.3 is 19.4 Å². The summed E-state index contributed by atoms with van der Waals surface area (Å²) in [7, 11) is -0.544. The van der Waals surface area contributed by atoms with Crippen LogP contribution in [0, 0.1) is 0 Å². The molecule has 9 nitrogen and oxygen atoms in total. The van der Waals surface area contributed by atoms with E-state index in [4.69, 9.17) is 9.47 Å². The smallest absolute Gasteiger partial charge is 0.251 e. The minimum absolute atomic E-state index is 0.0205. The predicted octanol–water partition coefficient (Wildman–Crippen LogP) is 1.01. The van der Waals surface area contributed by atoms with Crippen LogP contribution in [0.5, 0.6) is 11.5 Å². The number of nitrogens with one attached hydrogen (secondary N) is 1. The van der Waals surface area contributed by atoms with E-state index in [1.807, 2.05) is 12.1 Å². The van der Waals surface area contributed by atoms with Crippen molar-refractivity contribution in [2.24, 2.45) is 0 Å². The summed E-state index contributed by atoms with van der Waals surface area (Å²) in [6.07, 6.45) is 3.44. The lowest BCUT2D eigenvalue weighted by atomic mass is 10.1. The third-order valence-corrected chi connectivity index (χ3v) is 7.04. The Hall–Kier alpha value is -2.85. The van der Waals surface area contributed by atoms with Crippen LogP contribution in [0.25, 0.3) is 0 Å². The van der Waals surface area contributed by atoms with Crippen LogP contribution in [0.1, 0.15) is 18.4 Å². The first-order valence-electron chi connectivity index (χ1n) is 10.0. The number of carbonyl (C=O) groups is 1. The van der Waals surface area contributed by atoms with Crippen LogP contribution >= 0.6 is 0 Å². The van der Waals surface area contributed by atoms with Crippen molar-refractivity contribution >= 4 is 15.9 Å². The van der Waals surface area contributed by atoms with Gasteiger partial charge in [-0.15, -0.1) is 0 Å². The van der Waals surface area contributed by atoms with Crippen molar-refractivity contribution in [3.63, 3.8) is 0 Å². The highest BCUT2D eigenvalue weighted by molar-refractivity contribution is 7.89. The second kappa shape index (κ2) is 9.97. The molecule has 0 saturated carbocycles. The number of methoxy groups -OCH3 is 2. The van der Waals surface area contributed by atoms with Gasteiger partial charge in [-0.3, -0.25) is 9.59 Å². The molecule has 1 aliphatic rings. The lowest BCUT2D eigenvalue weighted by molar-refractivity contribution is -0.121. The monoisotopic (exact) mass is 449 g/mol. The number of pyridine rings is 1. The van der Waals surface area contributed by atoms with Crippen molar-refractivity contribution in [2.75, 3.05) is 33.9 Å². The highest BCUT2D eigenvalue weighted by Crippen LogP contribution is 2.27. The Labute approximate surface area is 181 Å². The zero-order chi connectivity index (χ0) is 22.4. The minimum Gasteiger partial charge on any atom is -0.493 e. The largest absolute Gasteiger partial charge is 0.493 e. The maximum absolute atomic E-state index is 12.7. The van der Waals surface area contributed by atoms with Crippen LogP contribution in [0.2, 0.25) is 0 Å². The molecule has 2 heterocycles. The number of hydrogen-bond donors (Lipinski definition) is 1. The van der Waals surface area contributed by atoms with Gasteiger partial charge in [0, 0.05) is 31.9 Å². The molecule has 1 saturated heterocycles. The molecule has 0 spiro atoms. The Bertz CT molecular complexity index is 1090. The number of carbonyl (C=O) groups excluding carboxylic acids is 1. The summed E-state index contributed by atoms with van der Waals surface area (Å²) < 4.78 is 38.4. The summed E-state index contributed by atoms with van der Waals surface area (Å²) >= 11 is 0. The van der Waals surface area contributed by atoms with E-state index in [-0.39, 0.29) is 17.3 Å². The topological polar surface area (TPSA) is 107 Å². The fraction of sp³-hybridized carbons (Fsp3) is 0.429. The molecule has 0 aliphatic carbocycles. The predicted molar refractivity (Wildman–Crippen MR) is 115 cm³/mol. The van der Waals surface area contributed by atoms with E-state index in [9.17, 15) is 18.0 Å². The highest BCUT2D eigenvalue weighted by atomic mass is 32.2. The summed E-state index contributed by atoms with van der Waals surface area (Å²) in [5, 5.41) is 2.76. The van der Waals surface area contributed by atoms with Gasteiger partial charge >= 0.3 is 0 Å². The van der Waals surface area contributed by atoms with E-state index in [1.165, 1.54) is 22.6 Å². The van der Waals surface area contributed by atoms with Crippen molar-refractivity contribution in [1.29, 1.82) is 0 Å². The fourth-order valence-electron chi connectivity index (χ4n) is 3.46. The van der Waals surface area contributed by atoms with E-state index < -0.39 is 15.6 Å². The molecule has 0 atom stereocenters. The summed E-state index contributed by atoms with van der Waals surface area (Å²) in [4.78, 5) is 24.5. The Kier molecular flexibility index (Phi) is 7.34. The van der Waals surface area contributed by atoms with E-state index in [1.54, 1.807) is 20.3 Å². The average molecular weight is 450 g/mol. The first-order valence-corrected chi connectivity index (χ1v) is 11.5. The Morgan fingerprint density at radius 2 is 1.77 bits per heavy atom. The molecule has 2 aromatic rings. The van der Waals surface area contributed by atoms with Gasteiger partial charge in [-0.2, -0.15) is 4.31 Å². The van der Waals surface area contributed by atoms with E-state index in [2.05, 4.69) is 5.32 Å². The molecule has 1 amide bonds. The molecule has 1 fully saturated rings. The van der Waals surface area contributed by atoms with Crippen molar-refractivity contribution in [3.8, 4) is 11.5 Å². The third kappa shape index (κ3) is 5.45. The summed E-state index contributed by atoms with van der Waals surface area (Å²) in [6, 6.07) is 7.98. The molecule has 1 aromatic heterocycles. The summed E-state index contributed by atoms with van der Waals surface area (Å²) in [6.45, 7) is 1.04. The van der Waals surface area contributed by atoms with Crippen LogP contribution in [-0.4, -0.2) is 57.1 Å². The Balaban J connectivity index is 1.61. The number of ether oxygens (including phenoxy) is 2. The van der Waals surface area contributed by atoms with Gasteiger partial charge in [0.15, 0.2) is 11.5 Å². The molecule has 1 aliphatic heterocycles.